The van der Waals surface area contributed by atoms with Crippen LogP contribution in [0.15, 0.2) is 72.9 Å². The molecule has 0 radical (unpaired) electrons. The van der Waals surface area contributed by atoms with Crippen molar-refractivity contribution < 1.29 is 9.53 Å². The van der Waals surface area contributed by atoms with E-state index in [1.54, 1.807) is 7.11 Å². The molecule has 1 saturated heterocycles. The number of hydrogen-bond acceptors (Lipinski definition) is 5. The number of anilines is 1. The first kappa shape index (κ1) is 22.3. The molecular weight excluding hydrogens is 448 g/mol. The topological polar surface area (TPSA) is 58.6 Å². The second-order valence-corrected chi connectivity index (χ2v) is 9.24. The molecule has 0 bridgehead atoms. The van der Waals surface area contributed by atoms with Crippen LogP contribution in [0.2, 0.25) is 0 Å². The zero-order valence-corrected chi connectivity index (χ0v) is 20.4. The van der Waals surface area contributed by atoms with Gasteiger partial charge in [-0.1, -0.05) is 36.4 Å². The van der Waals surface area contributed by atoms with E-state index in [2.05, 4.69) is 28.1 Å². The van der Waals surface area contributed by atoms with Gasteiger partial charge in [-0.3, -0.25) is 4.79 Å². The number of methoxy groups -OCH3 is 1. The number of piperazine rings is 1. The molecule has 1 aliphatic heterocycles. The molecule has 2 aliphatic rings. The van der Waals surface area contributed by atoms with Crippen molar-refractivity contribution in [2.45, 2.75) is 12.8 Å². The number of ether oxygens (including phenoxy) is 1. The summed E-state index contributed by atoms with van der Waals surface area (Å²) in [6.07, 6.45) is 5.70. The van der Waals surface area contributed by atoms with Crippen LogP contribution in [-0.4, -0.2) is 54.1 Å². The summed E-state index contributed by atoms with van der Waals surface area (Å²) < 4.78 is 5.29. The first-order valence-electron chi connectivity index (χ1n) is 12.4. The van der Waals surface area contributed by atoms with Crippen LogP contribution in [0.3, 0.4) is 0 Å². The van der Waals surface area contributed by atoms with E-state index in [9.17, 15) is 4.79 Å². The van der Waals surface area contributed by atoms with Crippen molar-refractivity contribution in [1.29, 1.82) is 0 Å². The first-order valence-corrected chi connectivity index (χ1v) is 12.4. The van der Waals surface area contributed by atoms with Crippen molar-refractivity contribution in [2.75, 3.05) is 38.2 Å². The van der Waals surface area contributed by atoms with E-state index >= 15 is 0 Å². The Labute approximate surface area is 210 Å². The van der Waals surface area contributed by atoms with Crippen molar-refractivity contribution >= 4 is 34.3 Å². The highest BCUT2D eigenvalue weighted by Crippen LogP contribution is 2.38. The van der Waals surface area contributed by atoms with E-state index in [1.165, 1.54) is 5.57 Å². The summed E-state index contributed by atoms with van der Waals surface area (Å²) in [5, 5.41) is 0.944. The molecule has 2 aromatic heterocycles. The molecule has 0 spiro atoms. The molecular formula is C30H28N4O2. The van der Waals surface area contributed by atoms with E-state index in [0.717, 1.165) is 70.8 Å². The number of carbonyl (C=O) groups excluding carboxylic acids is 1. The molecule has 6 heteroatoms. The van der Waals surface area contributed by atoms with Gasteiger partial charge in [0.15, 0.2) is 0 Å². The monoisotopic (exact) mass is 476 g/mol. The number of fused-ring (bicyclic) bond motifs is 2. The number of carbonyl (C=O) groups is 1. The summed E-state index contributed by atoms with van der Waals surface area (Å²) in [6, 6.07) is 22.0. The highest BCUT2D eigenvalue weighted by molar-refractivity contribution is 6.09. The molecule has 1 aliphatic carbocycles. The molecule has 1 fully saturated rings. The average Bonchev–Trinajstić information content (AvgIpc) is 3.34. The fraction of sp³-hybridized carbons (Fsp3) is 0.233. The van der Waals surface area contributed by atoms with Crippen LogP contribution in [0.25, 0.3) is 22.6 Å². The van der Waals surface area contributed by atoms with Crippen LogP contribution in [0.4, 0.5) is 5.82 Å². The maximum atomic E-state index is 14.0. The minimum absolute atomic E-state index is 0.108. The third-order valence-corrected chi connectivity index (χ3v) is 7.15. The number of benzene rings is 2. The quantitative estimate of drug-likeness (QED) is 0.411. The molecule has 0 atom stereocenters. The van der Waals surface area contributed by atoms with Gasteiger partial charge >= 0.3 is 0 Å². The number of allylic oxidation sites excluding steroid dienone is 1. The van der Waals surface area contributed by atoms with Gasteiger partial charge in [0.2, 0.25) is 0 Å². The highest BCUT2D eigenvalue weighted by Gasteiger charge is 2.30. The Hall–Kier alpha value is -4.19. The summed E-state index contributed by atoms with van der Waals surface area (Å²) in [6.45, 7) is 2.90. The molecule has 0 saturated carbocycles. The fourth-order valence-electron chi connectivity index (χ4n) is 5.26. The largest absolute Gasteiger partial charge is 0.497 e. The molecule has 36 heavy (non-hydrogen) atoms. The Kier molecular flexibility index (Phi) is 5.85. The third-order valence-electron chi connectivity index (χ3n) is 7.15. The second kappa shape index (κ2) is 9.46. The zero-order chi connectivity index (χ0) is 24.5. The van der Waals surface area contributed by atoms with Crippen LogP contribution >= 0.6 is 0 Å². The Bertz CT molecular complexity index is 1440. The molecule has 4 aromatic rings. The van der Waals surface area contributed by atoms with E-state index in [1.807, 2.05) is 65.7 Å². The number of hydrogen-bond donors (Lipinski definition) is 0. The number of amides is 1. The number of rotatable bonds is 4. The van der Waals surface area contributed by atoms with Gasteiger partial charge in [0.05, 0.1) is 23.9 Å². The van der Waals surface area contributed by atoms with Gasteiger partial charge in [0.1, 0.15) is 11.6 Å². The Morgan fingerprint density at radius 2 is 1.69 bits per heavy atom. The number of nitrogens with zero attached hydrogens (tertiary/aromatic N) is 4. The minimum Gasteiger partial charge on any atom is -0.497 e. The smallest absolute Gasteiger partial charge is 0.255 e. The van der Waals surface area contributed by atoms with Crippen LogP contribution in [0.5, 0.6) is 5.75 Å². The molecule has 6 nitrogen and oxygen atoms in total. The maximum absolute atomic E-state index is 14.0. The summed E-state index contributed by atoms with van der Waals surface area (Å²) in [5.41, 5.74) is 6.00. The molecule has 0 unspecified atom stereocenters. The van der Waals surface area contributed by atoms with Crippen molar-refractivity contribution in [3.05, 3.63) is 95.3 Å². The van der Waals surface area contributed by atoms with Gasteiger partial charge in [-0.2, -0.15) is 0 Å². The second-order valence-electron chi connectivity index (χ2n) is 9.24. The SMILES string of the molecule is COc1ccc(/C=C2\CCc3c2nc2ccccc2c3C(=O)N2CCN(c3ccccn3)CC2)cc1. The summed E-state index contributed by atoms with van der Waals surface area (Å²) in [5.74, 6) is 1.91. The van der Waals surface area contributed by atoms with Crippen molar-refractivity contribution in [1.82, 2.24) is 14.9 Å². The molecule has 3 heterocycles. The van der Waals surface area contributed by atoms with Crippen molar-refractivity contribution in [3.8, 4) is 5.75 Å². The van der Waals surface area contributed by atoms with Crippen molar-refractivity contribution in [3.63, 3.8) is 0 Å². The lowest BCUT2D eigenvalue weighted by Crippen LogP contribution is -2.49. The summed E-state index contributed by atoms with van der Waals surface area (Å²) >= 11 is 0. The van der Waals surface area contributed by atoms with Crippen LogP contribution < -0.4 is 9.64 Å². The molecule has 1 amide bonds. The lowest BCUT2D eigenvalue weighted by atomic mass is 9.99. The normalized spacial score (nSPS) is 16.4. The van der Waals surface area contributed by atoms with E-state index in [0.29, 0.717) is 13.1 Å². The summed E-state index contributed by atoms with van der Waals surface area (Å²) in [4.78, 5) is 27.7. The fourth-order valence-corrected chi connectivity index (χ4v) is 5.26. The minimum atomic E-state index is 0.108. The standard InChI is InChI=1S/C30H28N4O2/c1-36-23-12-9-21(10-13-23)20-22-11-14-25-28(24-6-2-3-7-26(24)32-29(22)25)30(35)34-18-16-33(17-19-34)27-8-4-5-15-31-27/h2-10,12-13,15,20H,11,14,16-19H2,1H3/b22-20+. The maximum Gasteiger partial charge on any atom is 0.255 e. The predicted octanol–water partition coefficient (Wildman–Crippen LogP) is 5.09. The average molecular weight is 477 g/mol. The predicted molar refractivity (Wildman–Crippen MR) is 143 cm³/mol. The Morgan fingerprint density at radius 3 is 2.44 bits per heavy atom. The number of pyridine rings is 2. The molecule has 6 rings (SSSR count). The number of para-hydroxylation sites is 1. The van der Waals surface area contributed by atoms with E-state index in [4.69, 9.17) is 9.72 Å². The van der Waals surface area contributed by atoms with Crippen LogP contribution in [-0.2, 0) is 6.42 Å². The summed E-state index contributed by atoms with van der Waals surface area (Å²) in [7, 11) is 1.67. The Morgan fingerprint density at radius 1 is 0.917 bits per heavy atom. The highest BCUT2D eigenvalue weighted by atomic mass is 16.5. The lowest BCUT2D eigenvalue weighted by molar-refractivity contribution is 0.0747. The van der Waals surface area contributed by atoms with Gasteiger partial charge in [0, 0.05) is 37.8 Å². The third kappa shape index (κ3) is 4.09. The van der Waals surface area contributed by atoms with Gasteiger partial charge < -0.3 is 14.5 Å². The Balaban J connectivity index is 1.33. The molecule has 2 aromatic carbocycles. The van der Waals surface area contributed by atoms with Gasteiger partial charge in [-0.05, 0) is 65.9 Å². The van der Waals surface area contributed by atoms with Gasteiger partial charge in [0.25, 0.3) is 5.91 Å². The number of aromatic nitrogens is 2. The van der Waals surface area contributed by atoms with E-state index in [-0.39, 0.29) is 5.91 Å². The zero-order valence-electron chi connectivity index (χ0n) is 20.4. The van der Waals surface area contributed by atoms with Gasteiger partial charge in [-0.15, -0.1) is 0 Å². The van der Waals surface area contributed by atoms with Crippen molar-refractivity contribution in [2.24, 2.45) is 0 Å². The van der Waals surface area contributed by atoms with Crippen LogP contribution in [0.1, 0.15) is 33.6 Å². The molecule has 180 valence electrons. The van der Waals surface area contributed by atoms with Crippen LogP contribution in [0, 0.1) is 0 Å². The van der Waals surface area contributed by atoms with Gasteiger partial charge in [-0.25, -0.2) is 9.97 Å². The first-order chi connectivity index (χ1) is 17.7. The van der Waals surface area contributed by atoms with E-state index < -0.39 is 0 Å². The molecule has 0 N–H and O–H groups in total. The lowest BCUT2D eigenvalue weighted by Gasteiger charge is -2.35.